The van der Waals surface area contributed by atoms with Crippen LogP contribution in [0.4, 0.5) is 0 Å². The summed E-state index contributed by atoms with van der Waals surface area (Å²) >= 11 is 0. The topological polar surface area (TPSA) is 18.5 Å². The Morgan fingerprint density at radius 2 is 1.81 bits per heavy atom. The molecule has 0 saturated carbocycles. The van der Waals surface area contributed by atoms with E-state index in [1.54, 1.807) is 0 Å². The Kier molecular flexibility index (Phi) is 9.79. The first-order chi connectivity index (χ1) is 12.4. The van der Waals surface area contributed by atoms with Crippen LogP contribution in [-0.4, -0.2) is 44.0 Å². The maximum atomic E-state index is 3.17. The molecule has 0 aromatic heterocycles. The third-order valence-electron chi connectivity index (χ3n) is 5.87. The molecule has 0 bridgehead atoms. The van der Waals surface area contributed by atoms with E-state index >= 15 is 0 Å². The van der Waals surface area contributed by atoms with Gasteiger partial charge in [0.15, 0.2) is 0 Å². The lowest BCUT2D eigenvalue weighted by Gasteiger charge is -2.31. The van der Waals surface area contributed by atoms with E-state index in [0.29, 0.717) is 6.04 Å². The van der Waals surface area contributed by atoms with E-state index in [9.17, 15) is 0 Å². The molecule has 0 fully saturated rings. The Labute approximate surface area is 162 Å². The Morgan fingerprint density at radius 3 is 2.38 bits per heavy atom. The molecule has 148 valence electrons. The molecule has 0 aliphatic rings. The quantitative estimate of drug-likeness (QED) is 0.558. The molecule has 0 radical (unpaired) electrons. The second kappa shape index (κ2) is 11.3. The molecule has 0 heterocycles. The van der Waals surface area contributed by atoms with Crippen molar-refractivity contribution in [3.63, 3.8) is 0 Å². The van der Waals surface area contributed by atoms with Crippen LogP contribution in [0, 0.1) is 13.8 Å². The first-order valence-electron chi connectivity index (χ1n) is 10.2. The highest BCUT2D eigenvalue weighted by Crippen LogP contribution is 2.29. The molecule has 0 saturated heterocycles. The fourth-order valence-electron chi connectivity index (χ4n) is 3.55. The second-order valence-electron chi connectivity index (χ2n) is 7.48. The van der Waals surface area contributed by atoms with E-state index in [2.05, 4.69) is 82.2 Å². The maximum absolute atomic E-state index is 3.17. The summed E-state index contributed by atoms with van der Waals surface area (Å²) in [6, 6.07) is 5.09. The van der Waals surface area contributed by atoms with Crippen LogP contribution < -0.4 is 5.32 Å². The van der Waals surface area contributed by atoms with Crippen LogP contribution in [-0.2, 0) is 6.42 Å². The van der Waals surface area contributed by atoms with Crippen LogP contribution in [0.1, 0.15) is 68.3 Å². The molecule has 0 aliphatic carbocycles. The van der Waals surface area contributed by atoms with Crippen LogP contribution in [0.2, 0.25) is 0 Å². The zero-order chi connectivity index (χ0) is 19.7. The standard InChI is InChI=1S/C23H41N3/c1-9-22(17-24-6)26(8)20(5)23-15-14-21(18(3)19(23)4)13-11-12-16-25(7)10-2/h14-15,17,20,24H,9-13,16H2,1-8H3/b22-17-. The summed E-state index contributed by atoms with van der Waals surface area (Å²) < 4.78 is 0. The van der Waals surface area contributed by atoms with Gasteiger partial charge in [-0.05, 0) is 88.8 Å². The molecule has 3 nitrogen and oxygen atoms in total. The third-order valence-corrected chi connectivity index (χ3v) is 5.87. The van der Waals surface area contributed by atoms with Crippen molar-refractivity contribution < 1.29 is 0 Å². The minimum atomic E-state index is 0.375. The van der Waals surface area contributed by atoms with Crippen molar-refractivity contribution in [1.82, 2.24) is 15.1 Å². The zero-order valence-corrected chi connectivity index (χ0v) is 18.4. The molecule has 1 aromatic rings. The van der Waals surface area contributed by atoms with Crippen molar-refractivity contribution in [2.75, 3.05) is 34.2 Å². The Morgan fingerprint density at radius 1 is 1.12 bits per heavy atom. The highest BCUT2D eigenvalue weighted by molar-refractivity contribution is 5.41. The molecule has 0 amide bonds. The molecular weight excluding hydrogens is 318 g/mol. The highest BCUT2D eigenvalue weighted by atomic mass is 15.1. The van der Waals surface area contributed by atoms with E-state index in [1.165, 1.54) is 53.8 Å². The van der Waals surface area contributed by atoms with Gasteiger partial charge in [0.05, 0.1) is 6.04 Å². The van der Waals surface area contributed by atoms with Crippen molar-refractivity contribution >= 4 is 0 Å². The number of nitrogens with zero attached hydrogens (tertiary/aromatic N) is 2. The van der Waals surface area contributed by atoms with Gasteiger partial charge in [0.2, 0.25) is 0 Å². The van der Waals surface area contributed by atoms with E-state index in [0.717, 1.165) is 13.0 Å². The van der Waals surface area contributed by atoms with Crippen LogP contribution >= 0.6 is 0 Å². The fraction of sp³-hybridized carbons (Fsp3) is 0.652. The molecule has 26 heavy (non-hydrogen) atoms. The fourth-order valence-corrected chi connectivity index (χ4v) is 3.55. The SMILES string of the molecule is CC/C(=C/NC)N(C)C(C)c1ccc(CCCCN(C)CC)c(C)c1C. The first kappa shape index (κ1) is 22.6. The molecule has 1 aromatic carbocycles. The largest absolute Gasteiger partial charge is 0.393 e. The lowest BCUT2D eigenvalue weighted by Crippen LogP contribution is -2.24. The molecular formula is C23H41N3. The van der Waals surface area contributed by atoms with Crippen molar-refractivity contribution in [2.45, 2.75) is 66.3 Å². The number of unbranched alkanes of at least 4 members (excludes halogenated alkanes) is 1. The number of nitrogens with one attached hydrogen (secondary N) is 1. The monoisotopic (exact) mass is 359 g/mol. The minimum Gasteiger partial charge on any atom is -0.393 e. The number of hydrogen-bond acceptors (Lipinski definition) is 3. The lowest BCUT2D eigenvalue weighted by molar-refractivity contribution is 0.318. The molecule has 3 heteroatoms. The van der Waals surface area contributed by atoms with Gasteiger partial charge < -0.3 is 15.1 Å². The number of benzene rings is 1. The summed E-state index contributed by atoms with van der Waals surface area (Å²) in [6.07, 6.45) is 6.88. The Hall–Kier alpha value is -1.48. The van der Waals surface area contributed by atoms with E-state index in [-0.39, 0.29) is 0 Å². The van der Waals surface area contributed by atoms with Crippen molar-refractivity contribution in [1.29, 1.82) is 0 Å². The molecule has 0 spiro atoms. The third kappa shape index (κ3) is 6.05. The summed E-state index contributed by atoms with van der Waals surface area (Å²) in [5, 5.41) is 3.17. The van der Waals surface area contributed by atoms with Crippen molar-refractivity contribution in [3.8, 4) is 0 Å². The number of allylic oxidation sites excluding steroid dienone is 1. The lowest BCUT2D eigenvalue weighted by atomic mass is 9.91. The average molecular weight is 360 g/mol. The smallest absolute Gasteiger partial charge is 0.0511 e. The Balaban J connectivity index is 2.84. The van der Waals surface area contributed by atoms with Crippen LogP contribution in [0.3, 0.4) is 0 Å². The summed E-state index contributed by atoms with van der Waals surface area (Å²) in [7, 11) is 6.37. The predicted octanol–water partition coefficient (Wildman–Crippen LogP) is 5.04. The summed E-state index contributed by atoms with van der Waals surface area (Å²) in [5.41, 5.74) is 7.22. The average Bonchev–Trinajstić information content (AvgIpc) is 2.65. The van der Waals surface area contributed by atoms with Gasteiger partial charge in [0.1, 0.15) is 0 Å². The predicted molar refractivity (Wildman–Crippen MR) is 116 cm³/mol. The van der Waals surface area contributed by atoms with Crippen LogP contribution in [0.25, 0.3) is 0 Å². The molecule has 1 rings (SSSR count). The zero-order valence-electron chi connectivity index (χ0n) is 18.4. The van der Waals surface area contributed by atoms with Crippen molar-refractivity contribution in [3.05, 3.63) is 46.3 Å². The van der Waals surface area contributed by atoms with Gasteiger partial charge in [-0.3, -0.25) is 0 Å². The van der Waals surface area contributed by atoms with Gasteiger partial charge in [-0.25, -0.2) is 0 Å². The van der Waals surface area contributed by atoms with Crippen molar-refractivity contribution in [2.24, 2.45) is 0 Å². The normalized spacial score (nSPS) is 13.2. The highest BCUT2D eigenvalue weighted by Gasteiger charge is 2.17. The number of rotatable bonds is 11. The van der Waals surface area contributed by atoms with Gasteiger partial charge in [-0.1, -0.05) is 26.0 Å². The Bertz CT molecular complexity index is 577. The minimum absolute atomic E-state index is 0.375. The second-order valence-corrected chi connectivity index (χ2v) is 7.48. The van der Waals surface area contributed by atoms with Gasteiger partial charge in [0, 0.05) is 26.0 Å². The van der Waals surface area contributed by atoms with Crippen LogP contribution in [0.5, 0.6) is 0 Å². The summed E-state index contributed by atoms with van der Waals surface area (Å²) in [6.45, 7) is 13.7. The van der Waals surface area contributed by atoms with E-state index in [1.807, 2.05) is 7.05 Å². The van der Waals surface area contributed by atoms with Gasteiger partial charge in [0.25, 0.3) is 0 Å². The van der Waals surface area contributed by atoms with E-state index in [4.69, 9.17) is 0 Å². The number of hydrogen-bond donors (Lipinski definition) is 1. The molecule has 1 N–H and O–H groups in total. The van der Waals surface area contributed by atoms with Gasteiger partial charge in [-0.15, -0.1) is 0 Å². The van der Waals surface area contributed by atoms with Gasteiger partial charge in [-0.2, -0.15) is 0 Å². The first-order valence-corrected chi connectivity index (χ1v) is 10.2. The molecule has 1 unspecified atom stereocenters. The maximum Gasteiger partial charge on any atom is 0.0511 e. The summed E-state index contributed by atoms with van der Waals surface area (Å²) in [4.78, 5) is 4.78. The molecule has 0 aliphatic heterocycles. The van der Waals surface area contributed by atoms with Gasteiger partial charge >= 0.3 is 0 Å². The summed E-state index contributed by atoms with van der Waals surface area (Å²) in [5.74, 6) is 0. The molecule has 1 atom stereocenters. The van der Waals surface area contributed by atoms with Crippen LogP contribution in [0.15, 0.2) is 24.0 Å². The number of aryl methyl sites for hydroxylation is 1. The van der Waals surface area contributed by atoms with E-state index < -0.39 is 0 Å².